The SMILES string of the molecule is CCOC(=O)OCc1ccc(C(=O)OC)cc1. The normalized spacial score (nSPS) is 9.53. The predicted molar refractivity (Wildman–Crippen MR) is 59.6 cm³/mol. The summed E-state index contributed by atoms with van der Waals surface area (Å²) in [5.41, 5.74) is 1.22. The average molecular weight is 238 g/mol. The number of carbonyl (C=O) groups excluding carboxylic acids is 2. The zero-order valence-corrected chi connectivity index (χ0v) is 9.76. The van der Waals surface area contributed by atoms with Gasteiger partial charge in [0.25, 0.3) is 0 Å². The molecule has 0 unspecified atom stereocenters. The fraction of sp³-hybridized carbons (Fsp3) is 0.333. The Labute approximate surface area is 99.3 Å². The maximum atomic E-state index is 11.1. The highest BCUT2D eigenvalue weighted by Crippen LogP contribution is 2.07. The van der Waals surface area contributed by atoms with Crippen LogP contribution in [0.3, 0.4) is 0 Å². The molecule has 0 aliphatic heterocycles. The van der Waals surface area contributed by atoms with Crippen LogP contribution in [0.15, 0.2) is 24.3 Å². The van der Waals surface area contributed by atoms with Gasteiger partial charge >= 0.3 is 12.1 Å². The molecule has 1 rings (SSSR count). The Bertz CT molecular complexity index is 382. The molecule has 1 aromatic rings. The molecule has 0 spiro atoms. The number of rotatable bonds is 4. The van der Waals surface area contributed by atoms with Crippen molar-refractivity contribution in [1.29, 1.82) is 0 Å². The molecule has 0 radical (unpaired) electrons. The van der Waals surface area contributed by atoms with Crippen molar-refractivity contribution in [2.45, 2.75) is 13.5 Å². The van der Waals surface area contributed by atoms with Gasteiger partial charge in [-0.05, 0) is 24.6 Å². The van der Waals surface area contributed by atoms with Gasteiger partial charge in [0.2, 0.25) is 0 Å². The number of esters is 1. The highest BCUT2D eigenvalue weighted by atomic mass is 16.7. The zero-order chi connectivity index (χ0) is 12.7. The summed E-state index contributed by atoms with van der Waals surface area (Å²) in [7, 11) is 1.32. The van der Waals surface area contributed by atoms with E-state index in [1.54, 1.807) is 31.2 Å². The Balaban J connectivity index is 2.51. The van der Waals surface area contributed by atoms with Gasteiger partial charge in [0.1, 0.15) is 6.61 Å². The highest BCUT2D eigenvalue weighted by Gasteiger charge is 2.06. The van der Waals surface area contributed by atoms with Crippen molar-refractivity contribution in [1.82, 2.24) is 0 Å². The summed E-state index contributed by atoms with van der Waals surface area (Å²) in [4.78, 5) is 22.1. The highest BCUT2D eigenvalue weighted by molar-refractivity contribution is 5.89. The first-order chi connectivity index (χ1) is 8.17. The first kappa shape index (κ1) is 13.0. The van der Waals surface area contributed by atoms with Crippen molar-refractivity contribution in [3.63, 3.8) is 0 Å². The topological polar surface area (TPSA) is 61.8 Å². The second-order valence-electron chi connectivity index (χ2n) is 3.16. The van der Waals surface area contributed by atoms with Gasteiger partial charge in [0.05, 0.1) is 19.3 Å². The number of carbonyl (C=O) groups is 2. The van der Waals surface area contributed by atoms with Gasteiger partial charge in [-0.2, -0.15) is 0 Å². The number of benzene rings is 1. The summed E-state index contributed by atoms with van der Waals surface area (Å²) < 4.78 is 14.0. The first-order valence-electron chi connectivity index (χ1n) is 5.14. The van der Waals surface area contributed by atoms with Gasteiger partial charge in [0.15, 0.2) is 0 Å². The molecule has 1 aromatic carbocycles. The molecule has 0 aliphatic rings. The van der Waals surface area contributed by atoms with E-state index < -0.39 is 12.1 Å². The monoisotopic (exact) mass is 238 g/mol. The first-order valence-corrected chi connectivity index (χ1v) is 5.14. The fourth-order valence-corrected chi connectivity index (χ4v) is 1.16. The van der Waals surface area contributed by atoms with E-state index in [1.807, 2.05) is 0 Å². The molecule has 0 aliphatic carbocycles. The van der Waals surface area contributed by atoms with Crippen LogP contribution in [0.2, 0.25) is 0 Å². The predicted octanol–water partition coefficient (Wildman–Crippen LogP) is 2.15. The Morgan fingerprint density at radius 3 is 2.29 bits per heavy atom. The van der Waals surface area contributed by atoms with Crippen LogP contribution >= 0.6 is 0 Å². The van der Waals surface area contributed by atoms with Crippen molar-refractivity contribution >= 4 is 12.1 Å². The number of methoxy groups -OCH3 is 1. The molecule has 0 saturated heterocycles. The molecule has 17 heavy (non-hydrogen) atoms. The second kappa shape index (κ2) is 6.52. The smallest absolute Gasteiger partial charge is 0.465 e. The molecule has 5 heteroatoms. The quantitative estimate of drug-likeness (QED) is 0.752. The van der Waals surface area contributed by atoms with Gasteiger partial charge in [-0.3, -0.25) is 0 Å². The molecular formula is C12H14O5. The van der Waals surface area contributed by atoms with E-state index in [0.29, 0.717) is 5.56 Å². The molecular weight excluding hydrogens is 224 g/mol. The molecule has 0 saturated carbocycles. The third-order valence-electron chi connectivity index (χ3n) is 1.99. The molecule has 0 fully saturated rings. The second-order valence-corrected chi connectivity index (χ2v) is 3.16. The van der Waals surface area contributed by atoms with E-state index in [1.165, 1.54) is 7.11 Å². The Hall–Kier alpha value is -2.04. The molecule has 5 nitrogen and oxygen atoms in total. The summed E-state index contributed by atoms with van der Waals surface area (Å²) in [5, 5.41) is 0. The van der Waals surface area contributed by atoms with E-state index >= 15 is 0 Å². The van der Waals surface area contributed by atoms with Crippen molar-refractivity contribution in [3.05, 3.63) is 35.4 Å². The standard InChI is InChI=1S/C12H14O5/c1-3-16-12(14)17-8-9-4-6-10(7-5-9)11(13)15-2/h4-7H,3,8H2,1-2H3. The third-order valence-corrected chi connectivity index (χ3v) is 1.99. The van der Waals surface area contributed by atoms with Crippen LogP contribution in [0.5, 0.6) is 0 Å². The molecule has 0 atom stereocenters. The summed E-state index contributed by atoms with van der Waals surface area (Å²) in [6, 6.07) is 6.59. The molecule has 0 N–H and O–H groups in total. The lowest BCUT2D eigenvalue weighted by Crippen LogP contribution is -2.07. The summed E-state index contributed by atoms with van der Waals surface area (Å²) in [5.74, 6) is -0.400. The lowest BCUT2D eigenvalue weighted by Gasteiger charge is -2.05. The number of hydrogen-bond acceptors (Lipinski definition) is 5. The van der Waals surface area contributed by atoms with E-state index in [-0.39, 0.29) is 13.2 Å². The van der Waals surface area contributed by atoms with Crippen LogP contribution < -0.4 is 0 Å². The third kappa shape index (κ3) is 4.14. The van der Waals surface area contributed by atoms with Crippen LogP contribution in [0.4, 0.5) is 4.79 Å². The van der Waals surface area contributed by atoms with Crippen LogP contribution in [0.1, 0.15) is 22.8 Å². The lowest BCUT2D eigenvalue weighted by atomic mass is 10.1. The van der Waals surface area contributed by atoms with E-state index in [2.05, 4.69) is 9.47 Å². The van der Waals surface area contributed by atoms with Crippen molar-refractivity contribution < 1.29 is 23.8 Å². The maximum absolute atomic E-state index is 11.1. The minimum atomic E-state index is -0.704. The molecule has 0 amide bonds. The summed E-state index contributed by atoms with van der Waals surface area (Å²) >= 11 is 0. The molecule has 92 valence electrons. The van der Waals surface area contributed by atoms with E-state index in [4.69, 9.17) is 4.74 Å². The fourth-order valence-electron chi connectivity index (χ4n) is 1.16. The maximum Gasteiger partial charge on any atom is 0.508 e. The van der Waals surface area contributed by atoms with Gasteiger partial charge in [-0.25, -0.2) is 9.59 Å². The summed E-state index contributed by atoms with van der Waals surface area (Å²) in [6.07, 6.45) is -0.704. The van der Waals surface area contributed by atoms with Crippen LogP contribution in [0, 0.1) is 0 Å². The van der Waals surface area contributed by atoms with Crippen LogP contribution in [0.25, 0.3) is 0 Å². The lowest BCUT2D eigenvalue weighted by molar-refractivity contribution is 0.0533. The van der Waals surface area contributed by atoms with Gasteiger partial charge in [-0.15, -0.1) is 0 Å². The largest absolute Gasteiger partial charge is 0.508 e. The Morgan fingerprint density at radius 1 is 1.12 bits per heavy atom. The molecule has 0 bridgehead atoms. The summed E-state index contributed by atoms with van der Waals surface area (Å²) in [6.45, 7) is 2.09. The molecule has 0 heterocycles. The Morgan fingerprint density at radius 2 is 1.76 bits per heavy atom. The van der Waals surface area contributed by atoms with E-state index in [0.717, 1.165) is 5.56 Å². The van der Waals surface area contributed by atoms with Crippen LogP contribution in [-0.4, -0.2) is 25.8 Å². The van der Waals surface area contributed by atoms with Crippen molar-refractivity contribution in [3.8, 4) is 0 Å². The van der Waals surface area contributed by atoms with Crippen molar-refractivity contribution in [2.75, 3.05) is 13.7 Å². The van der Waals surface area contributed by atoms with Crippen LogP contribution in [-0.2, 0) is 20.8 Å². The zero-order valence-electron chi connectivity index (χ0n) is 9.76. The minimum Gasteiger partial charge on any atom is -0.465 e. The average Bonchev–Trinajstić information content (AvgIpc) is 2.36. The van der Waals surface area contributed by atoms with Gasteiger partial charge in [-0.1, -0.05) is 12.1 Å². The minimum absolute atomic E-state index is 0.111. The van der Waals surface area contributed by atoms with E-state index in [9.17, 15) is 9.59 Å². The molecule has 0 aromatic heterocycles. The van der Waals surface area contributed by atoms with Gasteiger partial charge in [0, 0.05) is 0 Å². The Kier molecular flexibility index (Phi) is 5.00. The number of hydrogen-bond donors (Lipinski definition) is 0. The number of ether oxygens (including phenoxy) is 3. The van der Waals surface area contributed by atoms with Crippen molar-refractivity contribution in [2.24, 2.45) is 0 Å². The van der Waals surface area contributed by atoms with Gasteiger partial charge < -0.3 is 14.2 Å².